The van der Waals surface area contributed by atoms with Crippen LogP contribution in [-0.2, 0) is 9.59 Å². The Morgan fingerprint density at radius 1 is 1.08 bits per heavy atom. The van der Waals surface area contributed by atoms with Crippen molar-refractivity contribution in [3.63, 3.8) is 0 Å². The third-order valence-electron chi connectivity index (χ3n) is 6.22. The zero-order chi connectivity index (χ0) is 25.9. The van der Waals surface area contributed by atoms with Crippen LogP contribution in [0, 0.1) is 12.7 Å². The normalized spacial score (nSPS) is 19.0. The molecule has 0 aromatic heterocycles. The molecule has 3 aromatic carbocycles. The Hall–Kier alpha value is -3.98. The smallest absolute Gasteiger partial charge is 0.262 e. The minimum atomic E-state index is -0.637. The minimum Gasteiger partial charge on any atom is -0.497 e. The number of aliphatic imine (C=N–C) groups is 1. The van der Waals surface area contributed by atoms with Crippen molar-refractivity contribution in [2.24, 2.45) is 10.1 Å². The second-order valence-electron chi connectivity index (χ2n) is 8.85. The van der Waals surface area contributed by atoms with E-state index in [-0.39, 0.29) is 30.1 Å². The molecule has 2 amide bonds. The van der Waals surface area contributed by atoms with E-state index in [2.05, 4.69) is 10.3 Å². The number of carbonyl (C=O) groups excluding carboxylic acids is 2. The summed E-state index contributed by atoms with van der Waals surface area (Å²) in [5.74, 6) is -0.206. The Labute approximate surface area is 218 Å². The number of anilines is 1. The number of carbonyl (C=O) groups is 2. The molecule has 188 valence electrons. The largest absolute Gasteiger partial charge is 0.497 e. The molecule has 2 heterocycles. The Kier molecular flexibility index (Phi) is 7.05. The molecule has 5 rings (SSSR count). The molecule has 0 fully saturated rings. The first-order chi connectivity index (χ1) is 17.9. The Morgan fingerprint density at radius 2 is 1.78 bits per heavy atom. The molecule has 2 atom stereocenters. The van der Waals surface area contributed by atoms with E-state index in [0.29, 0.717) is 17.3 Å². The molecule has 0 saturated heterocycles. The van der Waals surface area contributed by atoms with Crippen LogP contribution >= 0.6 is 11.8 Å². The third-order valence-corrected chi connectivity index (χ3v) is 7.36. The highest BCUT2D eigenvalue weighted by molar-refractivity contribution is 8.15. The highest BCUT2D eigenvalue weighted by Gasteiger charge is 2.39. The first-order valence-corrected chi connectivity index (χ1v) is 12.7. The van der Waals surface area contributed by atoms with Crippen LogP contribution in [0.25, 0.3) is 0 Å². The Morgan fingerprint density at radius 3 is 2.46 bits per heavy atom. The number of hydrazone groups is 1. The van der Waals surface area contributed by atoms with E-state index in [1.807, 2.05) is 55.5 Å². The van der Waals surface area contributed by atoms with Crippen molar-refractivity contribution in [2.45, 2.75) is 31.1 Å². The van der Waals surface area contributed by atoms with Gasteiger partial charge in [0.1, 0.15) is 16.8 Å². The topological polar surface area (TPSA) is 83.4 Å². The molecule has 7 nitrogen and oxygen atoms in total. The van der Waals surface area contributed by atoms with Gasteiger partial charge in [0.25, 0.3) is 5.91 Å². The predicted octanol–water partition coefficient (Wildman–Crippen LogP) is 5.32. The van der Waals surface area contributed by atoms with Gasteiger partial charge < -0.3 is 10.1 Å². The van der Waals surface area contributed by atoms with Gasteiger partial charge in [-0.15, -0.1) is 0 Å². The summed E-state index contributed by atoms with van der Waals surface area (Å²) in [7, 11) is 1.61. The molecule has 0 spiro atoms. The lowest BCUT2D eigenvalue weighted by molar-refractivity contribution is -0.121. The number of aryl methyl sites for hydroxylation is 1. The second kappa shape index (κ2) is 10.6. The fraction of sp³-hybridized carbons (Fsp3) is 0.214. The number of halogens is 1. The molecule has 0 radical (unpaired) electrons. The molecule has 0 saturated carbocycles. The van der Waals surface area contributed by atoms with Crippen LogP contribution in [0.3, 0.4) is 0 Å². The van der Waals surface area contributed by atoms with Crippen LogP contribution in [0.4, 0.5) is 10.1 Å². The average Bonchev–Trinajstić information content (AvgIpc) is 3.50. The number of ether oxygens (including phenoxy) is 1. The standard InChI is InChI=1S/C28H25FN4O3S/c1-17-3-11-21(12-4-17)30-26(34)16-25-27(35)31-28(37-25)33-24(19-7-13-22(36-2)14-8-19)15-23(32-33)18-5-9-20(29)10-6-18/h3-14,24-25H,15-16H2,1-2H3,(H,30,34)/t24-,25-/m0/s1. The van der Waals surface area contributed by atoms with E-state index in [1.165, 1.54) is 23.9 Å². The molecule has 2 aliphatic rings. The molecular weight excluding hydrogens is 491 g/mol. The van der Waals surface area contributed by atoms with E-state index >= 15 is 0 Å². The van der Waals surface area contributed by atoms with Gasteiger partial charge in [0.05, 0.1) is 18.9 Å². The SMILES string of the molecule is COc1ccc([C@@H]2CC(c3ccc(F)cc3)=NN2C2=NC(=O)[C@H](CC(=O)Nc3ccc(C)cc3)S2)cc1. The van der Waals surface area contributed by atoms with Gasteiger partial charge in [0.2, 0.25) is 5.91 Å². The summed E-state index contributed by atoms with van der Waals surface area (Å²) in [6, 6.07) is 21.1. The second-order valence-corrected chi connectivity index (χ2v) is 10.0. The first kappa shape index (κ1) is 24.7. The number of methoxy groups -OCH3 is 1. The zero-order valence-electron chi connectivity index (χ0n) is 20.3. The fourth-order valence-corrected chi connectivity index (χ4v) is 5.27. The summed E-state index contributed by atoms with van der Waals surface area (Å²) in [4.78, 5) is 29.7. The summed E-state index contributed by atoms with van der Waals surface area (Å²) in [5.41, 5.74) is 4.30. The lowest BCUT2D eigenvalue weighted by Crippen LogP contribution is -2.25. The van der Waals surface area contributed by atoms with Crippen LogP contribution in [0.5, 0.6) is 5.75 Å². The van der Waals surface area contributed by atoms with Crippen LogP contribution < -0.4 is 10.1 Å². The maximum Gasteiger partial charge on any atom is 0.262 e. The van der Waals surface area contributed by atoms with Gasteiger partial charge in [-0.25, -0.2) is 9.40 Å². The van der Waals surface area contributed by atoms with Crippen molar-refractivity contribution < 1.29 is 18.7 Å². The van der Waals surface area contributed by atoms with Gasteiger partial charge in [-0.05, 0) is 54.4 Å². The van der Waals surface area contributed by atoms with Crippen molar-refractivity contribution in [1.29, 1.82) is 0 Å². The van der Waals surface area contributed by atoms with Crippen molar-refractivity contribution >= 4 is 40.1 Å². The van der Waals surface area contributed by atoms with Crippen LogP contribution in [0.15, 0.2) is 82.9 Å². The molecule has 0 bridgehead atoms. The summed E-state index contributed by atoms with van der Waals surface area (Å²) in [6.07, 6.45) is 0.546. The lowest BCUT2D eigenvalue weighted by atomic mass is 9.98. The zero-order valence-corrected chi connectivity index (χ0v) is 21.2. The number of benzene rings is 3. The maximum absolute atomic E-state index is 13.5. The highest BCUT2D eigenvalue weighted by Crippen LogP contribution is 2.39. The minimum absolute atomic E-state index is 0.0000471. The van der Waals surface area contributed by atoms with Gasteiger partial charge in [-0.3, -0.25) is 9.59 Å². The molecule has 0 aliphatic carbocycles. The predicted molar refractivity (Wildman–Crippen MR) is 143 cm³/mol. The van der Waals surface area contributed by atoms with E-state index in [4.69, 9.17) is 9.84 Å². The van der Waals surface area contributed by atoms with E-state index in [1.54, 1.807) is 24.3 Å². The summed E-state index contributed by atoms with van der Waals surface area (Å²) >= 11 is 1.24. The van der Waals surface area contributed by atoms with Gasteiger partial charge in [0, 0.05) is 18.5 Å². The van der Waals surface area contributed by atoms with Crippen molar-refractivity contribution in [2.75, 3.05) is 12.4 Å². The monoisotopic (exact) mass is 516 g/mol. The molecule has 3 aromatic rings. The van der Waals surface area contributed by atoms with Crippen molar-refractivity contribution in [3.8, 4) is 5.75 Å². The molecule has 2 aliphatic heterocycles. The van der Waals surface area contributed by atoms with Gasteiger partial charge in [-0.1, -0.05) is 53.7 Å². The van der Waals surface area contributed by atoms with Crippen LogP contribution in [-0.4, -0.2) is 40.1 Å². The Balaban J connectivity index is 1.35. The fourth-order valence-electron chi connectivity index (χ4n) is 4.21. The van der Waals surface area contributed by atoms with E-state index < -0.39 is 5.25 Å². The molecule has 37 heavy (non-hydrogen) atoms. The number of thioether (sulfide) groups is 1. The number of hydrogen-bond donors (Lipinski definition) is 1. The number of hydrogen-bond acceptors (Lipinski definition) is 6. The molecule has 0 unspecified atom stereocenters. The van der Waals surface area contributed by atoms with Crippen LogP contribution in [0.2, 0.25) is 0 Å². The lowest BCUT2D eigenvalue weighted by Gasteiger charge is -2.23. The summed E-state index contributed by atoms with van der Waals surface area (Å²) in [5, 5.41) is 9.17. The molecular formula is C28H25FN4O3S. The number of nitrogens with one attached hydrogen (secondary N) is 1. The average molecular weight is 517 g/mol. The summed E-state index contributed by atoms with van der Waals surface area (Å²) in [6.45, 7) is 1.97. The van der Waals surface area contributed by atoms with Gasteiger partial charge in [-0.2, -0.15) is 10.1 Å². The van der Waals surface area contributed by atoms with E-state index in [0.717, 1.165) is 28.2 Å². The first-order valence-electron chi connectivity index (χ1n) is 11.8. The van der Waals surface area contributed by atoms with E-state index in [9.17, 15) is 14.0 Å². The molecule has 9 heteroatoms. The van der Waals surface area contributed by atoms with Crippen molar-refractivity contribution in [1.82, 2.24) is 5.01 Å². The van der Waals surface area contributed by atoms with Crippen LogP contribution in [0.1, 0.15) is 35.6 Å². The summed E-state index contributed by atoms with van der Waals surface area (Å²) < 4.78 is 18.8. The number of nitrogens with zero attached hydrogens (tertiary/aromatic N) is 3. The Bertz CT molecular complexity index is 1370. The number of amides is 2. The molecule has 1 N–H and O–H groups in total. The maximum atomic E-state index is 13.5. The highest BCUT2D eigenvalue weighted by atomic mass is 32.2. The van der Waals surface area contributed by atoms with Gasteiger partial charge >= 0.3 is 0 Å². The third kappa shape index (κ3) is 5.56. The quantitative estimate of drug-likeness (QED) is 0.480. The number of rotatable bonds is 6. The number of amidine groups is 1. The van der Waals surface area contributed by atoms with Gasteiger partial charge in [0.15, 0.2) is 5.17 Å². The van der Waals surface area contributed by atoms with Crippen molar-refractivity contribution in [3.05, 3.63) is 95.3 Å².